The van der Waals surface area contributed by atoms with Crippen molar-refractivity contribution in [3.8, 4) is 0 Å². The van der Waals surface area contributed by atoms with Crippen LogP contribution in [0.25, 0.3) is 0 Å². The zero-order chi connectivity index (χ0) is 10.5. The molecule has 0 fully saturated rings. The third kappa shape index (κ3) is 6.90. The maximum Gasteiger partial charge on any atom is 0.323 e. The molecule has 0 radical (unpaired) electrons. The molecule has 0 heterocycles. The van der Waals surface area contributed by atoms with E-state index in [0.29, 0.717) is 12.4 Å². The van der Waals surface area contributed by atoms with Crippen LogP contribution >= 0.6 is 11.8 Å². The molecule has 0 rings (SSSR count). The summed E-state index contributed by atoms with van der Waals surface area (Å²) in [5, 5.41) is 0. The average molecular weight is 205 g/mol. The largest absolute Gasteiger partial charge is 0.465 e. The summed E-state index contributed by atoms with van der Waals surface area (Å²) in [6.45, 7) is 8.45. The van der Waals surface area contributed by atoms with Crippen molar-refractivity contribution < 1.29 is 9.53 Å². The number of nitrogens with two attached hydrogens (primary N) is 1. The third-order valence-electron chi connectivity index (χ3n) is 1.29. The van der Waals surface area contributed by atoms with Crippen LogP contribution in [-0.4, -0.2) is 29.1 Å². The summed E-state index contributed by atoms with van der Waals surface area (Å²) in [7, 11) is 0. The molecule has 0 saturated carbocycles. The van der Waals surface area contributed by atoms with Gasteiger partial charge in [0, 0.05) is 10.5 Å². The van der Waals surface area contributed by atoms with Gasteiger partial charge in [-0.15, -0.1) is 0 Å². The van der Waals surface area contributed by atoms with Gasteiger partial charge in [-0.25, -0.2) is 0 Å². The number of ether oxygens (including phenoxy) is 1. The number of esters is 1. The molecule has 0 aromatic carbocycles. The number of hydrogen-bond donors (Lipinski definition) is 1. The van der Waals surface area contributed by atoms with Crippen molar-refractivity contribution in [3.05, 3.63) is 0 Å². The van der Waals surface area contributed by atoms with E-state index in [2.05, 4.69) is 20.8 Å². The summed E-state index contributed by atoms with van der Waals surface area (Å²) in [4.78, 5) is 11.1. The van der Waals surface area contributed by atoms with Gasteiger partial charge in [-0.05, 0) is 6.92 Å². The second-order valence-electron chi connectivity index (χ2n) is 3.78. The van der Waals surface area contributed by atoms with Gasteiger partial charge >= 0.3 is 5.97 Å². The first kappa shape index (κ1) is 12.8. The highest BCUT2D eigenvalue weighted by Gasteiger charge is 2.18. The number of carbonyl (C=O) groups is 1. The lowest BCUT2D eigenvalue weighted by molar-refractivity contribution is -0.144. The zero-order valence-corrected chi connectivity index (χ0v) is 9.61. The highest BCUT2D eigenvalue weighted by Crippen LogP contribution is 2.23. The van der Waals surface area contributed by atoms with E-state index in [-0.39, 0.29) is 10.7 Å². The summed E-state index contributed by atoms with van der Waals surface area (Å²) in [5.74, 6) is 0.307. The Bertz CT molecular complexity index is 165. The predicted octanol–water partition coefficient (Wildman–Crippen LogP) is 1.41. The monoisotopic (exact) mass is 205 g/mol. The van der Waals surface area contributed by atoms with Gasteiger partial charge in [0.15, 0.2) is 0 Å². The van der Waals surface area contributed by atoms with Crippen LogP contribution in [0, 0.1) is 0 Å². The fraction of sp³-hybridized carbons (Fsp3) is 0.889. The van der Waals surface area contributed by atoms with E-state index in [1.807, 2.05) is 0 Å². The first-order chi connectivity index (χ1) is 5.87. The Morgan fingerprint density at radius 2 is 2.08 bits per heavy atom. The van der Waals surface area contributed by atoms with Gasteiger partial charge in [0.2, 0.25) is 0 Å². The molecule has 0 bridgehead atoms. The van der Waals surface area contributed by atoms with E-state index in [1.165, 1.54) is 0 Å². The van der Waals surface area contributed by atoms with Gasteiger partial charge in [-0.2, -0.15) is 11.8 Å². The van der Waals surface area contributed by atoms with Crippen LogP contribution in [0.3, 0.4) is 0 Å². The molecule has 2 N–H and O–H groups in total. The van der Waals surface area contributed by atoms with Crippen molar-refractivity contribution in [2.45, 2.75) is 38.5 Å². The molecular weight excluding hydrogens is 186 g/mol. The van der Waals surface area contributed by atoms with Crippen LogP contribution in [0.2, 0.25) is 0 Å². The number of carbonyl (C=O) groups excluding carboxylic acids is 1. The molecule has 0 amide bonds. The molecule has 0 aromatic heterocycles. The molecule has 4 heteroatoms. The molecule has 1 atom stereocenters. The van der Waals surface area contributed by atoms with Crippen molar-refractivity contribution >= 4 is 17.7 Å². The molecule has 0 aliphatic rings. The molecule has 0 aliphatic heterocycles. The van der Waals surface area contributed by atoms with Gasteiger partial charge in [0.05, 0.1) is 6.61 Å². The summed E-state index contributed by atoms with van der Waals surface area (Å²) in [6, 6.07) is -0.496. The highest BCUT2D eigenvalue weighted by molar-refractivity contribution is 8.00. The molecule has 0 unspecified atom stereocenters. The predicted molar refractivity (Wildman–Crippen MR) is 56.8 cm³/mol. The minimum atomic E-state index is -0.496. The molecular formula is C9H19NO2S. The summed E-state index contributed by atoms with van der Waals surface area (Å²) >= 11 is 1.67. The van der Waals surface area contributed by atoms with E-state index in [1.54, 1.807) is 18.7 Å². The van der Waals surface area contributed by atoms with E-state index in [4.69, 9.17) is 10.5 Å². The average Bonchev–Trinajstić information content (AvgIpc) is 1.99. The zero-order valence-electron chi connectivity index (χ0n) is 8.79. The fourth-order valence-corrected chi connectivity index (χ4v) is 1.47. The molecule has 0 aliphatic carbocycles. The molecule has 0 spiro atoms. The van der Waals surface area contributed by atoms with E-state index >= 15 is 0 Å². The highest BCUT2D eigenvalue weighted by atomic mass is 32.2. The minimum Gasteiger partial charge on any atom is -0.465 e. The Balaban J connectivity index is 3.74. The van der Waals surface area contributed by atoms with Crippen molar-refractivity contribution in [2.24, 2.45) is 5.73 Å². The molecule has 0 aromatic rings. The van der Waals surface area contributed by atoms with Crippen LogP contribution in [-0.2, 0) is 9.53 Å². The smallest absolute Gasteiger partial charge is 0.323 e. The Labute approximate surface area is 84.4 Å². The van der Waals surface area contributed by atoms with Gasteiger partial charge in [-0.3, -0.25) is 4.79 Å². The Hall–Kier alpha value is -0.220. The molecule has 3 nitrogen and oxygen atoms in total. The summed E-state index contributed by atoms with van der Waals surface area (Å²) in [5.41, 5.74) is 5.62. The molecule has 78 valence electrons. The van der Waals surface area contributed by atoms with E-state index in [0.717, 1.165) is 0 Å². The summed E-state index contributed by atoms with van der Waals surface area (Å²) in [6.07, 6.45) is 0. The standard InChI is InChI=1S/C9H19NO2S/c1-5-12-8(11)7(10)6-13-9(2,3)4/h7H,5-6,10H2,1-4H3/t7-/m1/s1. The van der Waals surface area contributed by atoms with E-state index in [9.17, 15) is 4.79 Å². The maximum absolute atomic E-state index is 11.1. The first-order valence-electron chi connectivity index (χ1n) is 4.43. The Morgan fingerprint density at radius 1 is 1.54 bits per heavy atom. The lowest BCUT2D eigenvalue weighted by Gasteiger charge is -2.19. The topological polar surface area (TPSA) is 52.3 Å². The van der Waals surface area contributed by atoms with E-state index < -0.39 is 6.04 Å². The van der Waals surface area contributed by atoms with Crippen LogP contribution in [0.5, 0.6) is 0 Å². The van der Waals surface area contributed by atoms with Crippen molar-refractivity contribution in [1.82, 2.24) is 0 Å². The fourth-order valence-electron chi connectivity index (χ4n) is 0.657. The quantitative estimate of drug-likeness (QED) is 0.705. The normalized spacial score (nSPS) is 13.9. The lowest BCUT2D eigenvalue weighted by Crippen LogP contribution is -2.35. The lowest BCUT2D eigenvalue weighted by atomic mass is 10.3. The first-order valence-corrected chi connectivity index (χ1v) is 5.41. The van der Waals surface area contributed by atoms with Crippen LogP contribution in [0.15, 0.2) is 0 Å². The van der Waals surface area contributed by atoms with Crippen molar-refractivity contribution in [1.29, 1.82) is 0 Å². The second-order valence-corrected chi connectivity index (χ2v) is 5.63. The van der Waals surface area contributed by atoms with Crippen LogP contribution in [0.1, 0.15) is 27.7 Å². The van der Waals surface area contributed by atoms with Gasteiger partial charge < -0.3 is 10.5 Å². The van der Waals surface area contributed by atoms with Crippen LogP contribution in [0.4, 0.5) is 0 Å². The minimum absolute atomic E-state index is 0.143. The SMILES string of the molecule is CCOC(=O)[C@H](N)CSC(C)(C)C. The molecule has 0 saturated heterocycles. The van der Waals surface area contributed by atoms with Crippen molar-refractivity contribution in [3.63, 3.8) is 0 Å². The Kier molecular flexibility index (Phi) is 5.40. The third-order valence-corrected chi connectivity index (χ3v) is 2.68. The second kappa shape index (κ2) is 5.50. The number of rotatable bonds is 4. The molecule has 13 heavy (non-hydrogen) atoms. The maximum atomic E-state index is 11.1. The number of thioether (sulfide) groups is 1. The van der Waals surface area contributed by atoms with Crippen molar-refractivity contribution in [2.75, 3.05) is 12.4 Å². The van der Waals surface area contributed by atoms with Gasteiger partial charge in [0.25, 0.3) is 0 Å². The van der Waals surface area contributed by atoms with Crippen LogP contribution < -0.4 is 5.73 Å². The van der Waals surface area contributed by atoms with Gasteiger partial charge in [0.1, 0.15) is 6.04 Å². The Morgan fingerprint density at radius 3 is 2.46 bits per heavy atom. The van der Waals surface area contributed by atoms with Gasteiger partial charge in [-0.1, -0.05) is 20.8 Å². The number of hydrogen-bond acceptors (Lipinski definition) is 4. The summed E-state index contributed by atoms with van der Waals surface area (Å²) < 4.78 is 4.93.